The maximum atomic E-state index is 12.6. The lowest BCUT2D eigenvalue weighted by Crippen LogP contribution is -2.37. The highest BCUT2D eigenvalue weighted by atomic mass is 127. The highest BCUT2D eigenvalue weighted by Crippen LogP contribution is 2.36. The van der Waals surface area contributed by atoms with Crippen LogP contribution in [0.5, 0.6) is 0 Å². The fraction of sp³-hybridized carbons (Fsp3) is 0.714. The zero-order valence-corrected chi connectivity index (χ0v) is 17.0. The second-order valence-corrected chi connectivity index (χ2v) is 8.27. The standard InChI is InChI=1S/C14H21I2N3O3/c1-14(2,3)22-13(20)19-6-8(7-21-4)5-9(19)12-17-10(15)11(16)18-12/h8-9H,5-7H2,1-4H3,(H,17,18)/t8-,9-/m0/s1/i4D,7D/t7?,8-,9-. The van der Waals surface area contributed by atoms with E-state index >= 15 is 0 Å². The number of aromatic amines is 1. The molecular weight excluding hydrogens is 512 g/mol. The lowest BCUT2D eigenvalue weighted by atomic mass is 10.1. The maximum absolute atomic E-state index is 12.6. The monoisotopic (exact) mass is 535 g/mol. The van der Waals surface area contributed by atoms with E-state index in [-0.39, 0.29) is 19.0 Å². The van der Waals surface area contributed by atoms with Gasteiger partial charge in [0.1, 0.15) is 18.8 Å². The number of carbonyl (C=O) groups excluding carboxylic acids is 1. The van der Waals surface area contributed by atoms with Crippen LogP contribution in [0.4, 0.5) is 4.79 Å². The molecule has 8 heteroatoms. The number of amides is 1. The van der Waals surface area contributed by atoms with Gasteiger partial charge in [-0.15, -0.1) is 0 Å². The first kappa shape index (κ1) is 15.4. The number of likely N-dealkylation sites (tertiary alicyclic amines) is 1. The maximum Gasteiger partial charge on any atom is 0.410 e. The lowest BCUT2D eigenvalue weighted by Gasteiger charge is -2.27. The molecule has 0 radical (unpaired) electrons. The van der Waals surface area contributed by atoms with Crippen LogP contribution in [0, 0.1) is 13.3 Å². The van der Waals surface area contributed by atoms with Crippen LogP contribution in [0.25, 0.3) is 0 Å². The molecule has 1 N–H and O–H groups in total. The molecule has 0 saturated carbocycles. The summed E-state index contributed by atoms with van der Waals surface area (Å²) < 4.78 is 27.5. The van der Waals surface area contributed by atoms with Crippen molar-refractivity contribution in [2.24, 2.45) is 5.92 Å². The number of nitrogens with zero attached hydrogens (tertiary/aromatic N) is 2. The Labute approximate surface area is 160 Å². The molecular formula is C14H21I2N3O3. The van der Waals surface area contributed by atoms with Crippen LogP contribution in [0.1, 0.15) is 41.8 Å². The second-order valence-electron chi connectivity index (χ2n) is 6.17. The predicted octanol–water partition coefficient (Wildman–Crippen LogP) is 3.56. The number of aromatic nitrogens is 2. The Hall–Kier alpha value is -0.100. The molecule has 1 saturated heterocycles. The fourth-order valence-corrected chi connectivity index (χ4v) is 3.18. The van der Waals surface area contributed by atoms with Gasteiger partial charge in [0.2, 0.25) is 0 Å². The molecule has 3 atom stereocenters. The van der Waals surface area contributed by atoms with Gasteiger partial charge >= 0.3 is 6.09 Å². The summed E-state index contributed by atoms with van der Waals surface area (Å²) >= 11 is 4.30. The average Bonchev–Trinajstić information content (AvgIpc) is 3.02. The molecule has 2 heterocycles. The van der Waals surface area contributed by atoms with E-state index in [9.17, 15) is 4.79 Å². The SMILES string of the molecule is [2H]COC([2H])[C@H]1C[C@@H](c2nc(I)c(I)[nH]2)N(C(=O)OC(C)(C)C)C1. The zero-order valence-electron chi connectivity index (χ0n) is 14.7. The number of carbonyl (C=O) groups is 1. The quantitative estimate of drug-likeness (QED) is 0.602. The third kappa shape index (κ3) is 4.47. The molecule has 22 heavy (non-hydrogen) atoms. The Morgan fingerprint density at radius 3 is 2.86 bits per heavy atom. The van der Waals surface area contributed by atoms with E-state index in [0.29, 0.717) is 18.8 Å². The van der Waals surface area contributed by atoms with Crippen LogP contribution in [0.3, 0.4) is 0 Å². The molecule has 1 unspecified atom stereocenters. The van der Waals surface area contributed by atoms with E-state index in [1.54, 1.807) is 4.90 Å². The summed E-state index contributed by atoms with van der Waals surface area (Å²) in [5.74, 6) is 0.503. The van der Waals surface area contributed by atoms with Crippen molar-refractivity contribution < 1.29 is 17.0 Å². The third-order valence-electron chi connectivity index (χ3n) is 3.20. The third-order valence-corrected chi connectivity index (χ3v) is 5.80. The summed E-state index contributed by atoms with van der Waals surface area (Å²) in [5.41, 5.74) is -0.593. The van der Waals surface area contributed by atoms with Gasteiger partial charge in [-0.1, -0.05) is 0 Å². The minimum Gasteiger partial charge on any atom is -0.444 e. The molecule has 0 bridgehead atoms. The van der Waals surface area contributed by atoms with Gasteiger partial charge in [-0.3, -0.25) is 4.90 Å². The van der Waals surface area contributed by atoms with Crippen molar-refractivity contribution >= 4 is 51.3 Å². The highest BCUT2D eigenvalue weighted by molar-refractivity contribution is 14.1. The number of halogens is 2. The van der Waals surface area contributed by atoms with Crippen molar-refractivity contribution in [2.75, 3.05) is 20.2 Å². The van der Waals surface area contributed by atoms with E-state index in [1.807, 2.05) is 20.8 Å². The number of H-pyrrole nitrogens is 1. The first-order valence-corrected chi connectivity index (χ1v) is 9.01. The van der Waals surface area contributed by atoms with Crippen LogP contribution in [-0.4, -0.2) is 46.8 Å². The van der Waals surface area contributed by atoms with Gasteiger partial charge in [0.15, 0.2) is 0 Å². The predicted molar refractivity (Wildman–Crippen MR) is 99.7 cm³/mol. The Bertz CT molecular complexity index is 575. The van der Waals surface area contributed by atoms with Crippen molar-refractivity contribution in [3.63, 3.8) is 0 Å². The number of ether oxygens (including phenoxy) is 2. The number of nitrogens with one attached hydrogen (secondary N) is 1. The van der Waals surface area contributed by atoms with Crippen molar-refractivity contribution in [1.82, 2.24) is 14.9 Å². The fourth-order valence-electron chi connectivity index (χ4n) is 2.39. The molecule has 1 aromatic rings. The molecule has 6 nitrogen and oxygen atoms in total. The molecule has 1 amide bonds. The second kappa shape index (κ2) is 7.20. The largest absolute Gasteiger partial charge is 0.444 e. The number of imidazole rings is 1. The highest BCUT2D eigenvalue weighted by Gasteiger charge is 2.40. The van der Waals surface area contributed by atoms with Crippen LogP contribution >= 0.6 is 45.2 Å². The van der Waals surface area contributed by atoms with Crippen LogP contribution in [-0.2, 0) is 9.47 Å². The van der Waals surface area contributed by atoms with Crippen LogP contribution in [0.2, 0.25) is 0 Å². The summed E-state index contributed by atoms with van der Waals surface area (Å²) in [5, 5.41) is 0. The van der Waals surface area contributed by atoms with Crippen molar-refractivity contribution in [3.8, 4) is 0 Å². The van der Waals surface area contributed by atoms with Gasteiger partial charge in [-0.2, -0.15) is 0 Å². The molecule has 2 rings (SSSR count). The average molecular weight is 535 g/mol. The van der Waals surface area contributed by atoms with Gasteiger partial charge < -0.3 is 14.5 Å². The summed E-state index contributed by atoms with van der Waals surface area (Å²) in [6.07, 6.45) is 0.127. The van der Waals surface area contributed by atoms with E-state index in [2.05, 4.69) is 55.1 Å². The molecule has 0 aromatic carbocycles. The van der Waals surface area contributed by atoms with Gasteiger partial charge in [-0.05, 0) is 72.4 Å². The Morgan fingerprint density at radius 2 is 2.32 bits per heavy atom. The van der Waals surface area contributed by atoms with E-state index in [4.69, 9.17) is 12.2 Å². The van der Waals surface area contributed by atoms with E-state index in [0.717, 1.165) is 7.40 Å². The summed E-state index contributed by atoms with van der Waals surface area (Å²) in [6.45, 7) is 4.97. The minimum atomic E-state index is -0.842. The molecule has 1 aromatic heterocycles. The molecule has 1 fully saturated rings. The topological polar surface area (TPSA) is 67.5 Å². The summed E-state index contributed by atoms with van der Waals surface area (Å²) in [7, 11) is -0.266. The summed E-state index contributed by atoms with van der Waals surface area (Å²) in [4.78, 5) is 21.9. The van der Waals surface area contributed by atoms with Crippen LogP contribution < -0.4 is 0 Å². The first-order chi connectivity index (χ1) is 11.1. The minimum absolute atomic E-state index is 0.187. The van der Waals surface area contributed by atoms with Crippen LogP contribution in [0.15, 0.2) is 0 Å². The number of hydrogen-bond donors (Lipinski definition) is 1. The van der Waals surface area contributed by atoms with Crippen molar-refractivity contribution in [2.45, 2.75) is 38.8 Å². The zero-order chi connectivity index (χ0) is 18.1. The number of methoxy groups -OCH3 is 1. The van der Waals surface area contributed by atoms with Gasteiger partial charge in [0.05, 0.1) is 15.4 Å². The molecule has 0 aliphatic carbocycles. The van der Waals surface area contributed by atoms with Crippen molar-refractivity contribution in [1.29, 1.82) is 0 Å². The Morgan fingerprint density at radius 1 is 1.59 bits per heavy atom. The normalized spacial score (nSPS) is 24.9. The summed E-state index contributed by atoms with van der Waals surface area (Å²) in [6, 6.07) is -0.288. The van der Waals surface area contributed by atoms with E-state index < -0.39 is 18.3 Å². The van der Waals surface area contributed by atoms with Crippen molar-refractivity contribution in [3.05, 3.63) is 13.2 Å². The first-order valence-electron chi connectivity index (χ1n) is 8.14. The molecule has 124 valence electrons. The smallest absolute Gasteiger partial charge is 0.410 e. The molecule has 1 aliphatic rings. The van der Waals surface area contributed by atoms with E-state index in [1.165, 1.54) is 0 Å². The number of rotatable bonds is 3. The number of hydrogen-bond acceptors (Lipinski definition) is 4. The van der Waals surface area contributed by atoms with Gasteiger partial charge in [0.25, 0.3) is 0 Å². The Kier molecular flexibility index (Phi) is 5.05. The molecule has 0 spiro atoms. The molecule has 1 aliphatic heterocycles. The van der Waals surface area contributed by atoms with Gasteiger partial charge in [-0.25, -0.2) is 9.78 Å². The lowest BCUT2D eigenvalue weighted by molar-refractivity contribution is 0.0208. The Balaban J connectivity index is 2.24. The van der Waals surface area contributed by atoms with Gasteiger partial charge in [0, 0.05) is 19.5 Å².